The van der Waals surface area contributed by atoms with Gasteiger partial charge in [0.05, 0.1) is 11.4 Å². The lowest BCUT2D eigenvalue weighted by Crippen LogP contribution is -2.12. The Morgan fingerprint density at radius 3 is 2.46 bits per heavy atom. The quantitative estimate of drug-likeness (QED) is 0.413. The summed E-state index contributed by atoms with van der Waals surface area (Å²) in [7, 11) is 0. The molecule has 0 aliphatic heterocycles. The van der Waals surface area contributed by atoms with E-state index >= 15 is 0 Å². The van der Waals surface area contributed by atoms with Crippen molar-refractivity contribution >= 4 is 27.5 Å². The number of aromatic nitrogens is 1. The van der Waals surface area contributed by atoms with Gasteiger partial charge in [0.25, 0.3) is 5.91 Å². The van der Waals surface area contributed by atoms with Gasteiger partial charge in [0, 0.05) is 21.8 Å². The minimum absolute atomic E-state index is 0.129. The Hall–Kier alpha value is -2.46. The van der Waals surface area contributed by atoms with Gasteiger partial charge < -0.3 is 5.32 Å². The van der Waals surface area contributed by atoms with E-state index in [-0.39, 0.29) is 5.91 Å². The fraction of sp³-hybridized carbons (Fsp3) is 0.250. The predicted octanol–water partition coefficient (Wildman–Crippen LogP) is 6.80. The number of aryl methyl sites for hydroxylation is 2. The lowest BCUT2D eigenvalue weighted by Gasteiger charge is -2.09. The summed E-state index contributed by atoms with van der Waals surface area (Å²) in [5.41, 5.74) is 5.73. The molecule has 0 aliphatic carbocycles. The van der Waals surface area contributed by atoms with Crippen LogP contribution in [0.3, 0.4) is 0 Å². The Balaban J connectivity index is 1.66. The maximum atomic E-state index is 12.5. The van der Waals surface area contributed by atoms with Crippen molar-refractivity contribution in [3.8, 4) is 11.3 Å². The minimum atomic E-state index is -0.129. The van der Waals surface area contributed by atoms with Crippen molar-refractivity contribution in [2.75, 3.05) is 5.32 Å². The molecule has 0 saturated heterocycles. The zero-order valence-corrected chi connectivity index (χ0v) is 17.9. The van der Waals surface area contributed by atoms with Crippen molar-refractivity contribution in [1.82, 2.24) is 4.98 Å². The van der Waals surface area contributed by atoms with Crippen LogP contribution in [0.2, 0.25) is 0 Å². The molecule has 0 unspecified atom stereocenters. The largest absolute Gasteiger partial charge is 0.321 e. The van der Waals surface area contributed by atoms with Gasteiger partial charge in [-0.3, -0.25) is 9.78 Å². The summed E-state index contributed by atoms with van der Waals surface area (Å²) in [6.07, 6.45) is 6.73. The Morgan fingerprint density at radius 2 is 1.82 bits per heavy atom. The number of carbonyl (C=O) groups is 1. The van der Waals surface area contributed by atoms with E-state index in [1.807, 2.05) is 55.6 Å². The van der Waals surface area contributed by atoms with Crippen molar-refractivity contribution < 1.29 is 4.79 Å². The molecule has 1 heterocycles. The molecule has 0 atom stereocenters. The number of carbonyl (C=O) groups excluding carboxylic acids is 1. The summed E-state index contributed by atoms with van der Waals surface area (Å²) in [5, 5.41) is 2.94. The highest BCUT2D eigenvalue weighted by Crippen LogP contribution is 2.24. The van der Waals surface area contributed by atoms with Crippen molar-refractivity contribution in [2.45, 2.75) is 39.5 Å². The molecule has 1 N–H and O–H groups in total. The van der Waals surface area contributed by atoms with E-state index in [0.717, 1.165) is 33.4 Å². The number of nitrogens with one attached hydrogen (secondary N) is 1. The van der Waals surface area contributed by atoms with Crippen LogP contribution in [0.25, 0.3) is 11.3 Å². The normalized spacial score (nSPS) is 10.7. The Kier molecular flexibility index (Phi) is 6.99. The molecule has 3 rings (SSSR count). The van der Waals surface area contributed by atoms with Crippen LogP contribution in [0.1, 0.15) is 47.7 Å². The number of rotatable bonds is 7. The van der Waals surface area contributed by atoms with E-state index in [0.29, 0.717) is 5.56 Å². The van der Waals surface area contributed by atoms with E-state index in [1.54, 1.807) is 0 Å². The Morgan fingerprint density at radius 1 is 1.04 bits per heavy atom. The molecule has 4 heteroatoms. The smallest absolute Gasteiger partial charge is 0.255 e. The molecule has 144 valence electrons. The first-order chi connectivity index (χ1) is 13.6. The third-order valence-corrected chi connectivity index (χ3v) is 5.37. The number of hydrogen-bond acceptors (Lipinski definition) is 2. The predicted molar refractivity (Wildman–Crippen MR) is 120 cm³/mol. The van der Waals surface area contributed by atoms with Gasteiger partial charge in [-0.25, -0.2) is 0 Å². The van der Waals surface area contributed by atoms with Gasteiger partial charge in [0.15, 0.2) is 0 Å². The highest BCUT2D eigenvalue weighted by atomic mass is 79.9. The number of anilines is 1. The minimum Gasteiger partial charge on any atom is -0.321 e. The highest BCUT2D eigenvalue weighted by Gasteiger charge is 2.09. The van der Waals surface area contributed by atoms with E-state index in [1.165, 1.54) is 24.8 Å². The molecule has 0 radical (unpaired) electrons. The van der Waals surface area contributed by atoms with Crippen molar-refractivity contribution in [1.29, 1.82) is 0 Å². The van der Waals surface area contributed by atoms with Crippen molar-refractivity contribution in [3.63, 3.8) is 0 Å². The molecule has 1 aromatic heterocycles. The van der Waals surface area contributed by atoms with Crippen LogP contribution in [0.5, 0.6) is 0 Å². The molecule has 0 bridgehead atoms. The fourth-order valence-corrected chi connectivity index (χ4v) is 3.62. The molecule has 2 aromatic carbocycles. The molecular weight excluding hydrogens is 412 g/mol. The number of halogens is 1. The summed E-state index contributed by atoms with van der Waals surface area (Å²) >= 11 is 3.49. The van der Waals surface area contributed by atoms with Gasteiger partial charge in [0.2, 0.25) is 0 Å². The molecule has 0 saturated carbocycles. The second-order valence-corrected chi connectivity index (χ2v) is 7.88. The van der Waals surface area contributed by atoms with Crippen LogP contribution in [-0.4, -0.2) is 10.9 Å². The number of unbranched alkanes of at least 4 members (excludes halogenated alkanes) is 2. The second-order valence-electron chi connectivity index (χ2n) is 7.02. The lowest BCUT2D eigenvalue weighted by atomic mass is 10.1. The van der Waals surface area contributed by atoms with Crippen molar-refractivity contribution in [2.24, 2.45) is 0 Å². The molecule has 3 aromatic rings. The monoisotopic (exact) mass is 436 g/mol. The third-order valence-electron chi connectivity index (χ3n) is 4.71. The SMILES string of the molecule is CCCCCc1ccc(-c2ccc(C(=O)Nc3ccc(C)cc3Br)cc2)nc1. The number of nitrogens with zero attached hydrogens (tertiary/aromatic N) is 1. The van der Waals surface area contributed by atoms with Crippen LogP contribution in [0.15, 0.2) is 65.3 Å². The Labute approximate surface area is 175 Å². The average Bonchev–Trinajstić information content (AvgIpc) is 2.71. The first-order valence-corrected chi connectivity index (χ1v) is 10.5. The van der Waals surface area contributed by atoms with E-state index < -0.39 is 0 Å². The van der Waals surface area contributed by atoms with Crippen LogP contribution >= 0.6 is 15.9 Å². The molecule has 0 aliphatic rings. The van der Waals surface area contributed by atoms with E-state index in [9.17, 15) is 4.79 Å². The zero-order chi connectivity index (χ0) is 19.9. The number of pyridine rings is 1. The Bertz CT molecular complexity index is 934. The number of hydrogen-bond donors (Lipinski definition) is 1. The maximum absolute atomic E-state index is 12.5. The second kappa shape index (κ2) is 9.65. The van der Waals surface area contributed by atoms with E-state index in [2.05, 4.69) is 45.3 Å². The van der Waals surface area contributed by atoms with Gasteiger partial charge in [0.1, 0.15) is 0 Å². The van der Waals surface area contributed by atoms with Crippen LogP contribution in [0.4, 0.5) is 5.69 Å². The molecular formula is C24H25BrN2O. The highest BCUT2D eigenvalue weighted by molar-refractivity contribution is 9.10. The van der Waals surface area contributed by atoms with E-state index in [4.69, 9.17) is 0 Å². The summed E-state index contributed by atoms with van der Waals surface area (Å²) in [6.45, 7) is 4.23. The van der Waals surface area contributed by atoms with Crippen LogP contribution < -0.4 is 5.32 Å². The summed E-state index contributed by atoms with van der Waals surface area (Å²) in [4.78, 5) is 17.1. The van der Waals surface area contributed by atoms with Gasteiger partial charge in [-0.05, 0) is 77.2 Å². The molecule has 1 amide bonds. The lowest BCUT2D eigenvalue weighted by molar-refractivity contribution is 0.102. The van der Waals surface area contributed by atoms with Crippen LogP contribution in [0, 0.1) is 6.92 Å². The molecule has 3 nitrogen and oxygen atoms in total. The standard InChI is InChI=1S/C24H25BrN2O/c1-3-4-5-6-18-8-14-22(26-16-18)19-9-11-20(12-10-19)24(28)27-23-13-7-17(2)15-21(23)25/h7-16H,3-6H2,1-2H3,(H,27,28). The van der Waals surface area contributed by atoms with Crippen LogP contribution in [-0.2, 0) is 6.42 Å². The summed E-state index contributed by atoms with van der Waals surface area (Å²) < 4.78 is 0.876. The van der Waals surface area contributed by atoms with Gasteiger partial charge in [-0.15, -0.1) is 0 Å². The third kappa shape index (κ3) is 5.29. The zero-order valence-electron chi connectivity index (χ0n) is 16.3. The molecule has 28 heavy (non-hydrogen) atoms. The topological polar surface area (TPSA) is 42.0 Å². The number of amides is 1. The summed E-state index contributed by atoms with van der Waals surface area (Å²) in [6, 6.07) is 17.6. The molecule has 0 spiro atoms. The average molecular weight is 437 g/mol. The summed E-state index contributed by atoms with van der Waals surface area (Å²) in [5.74, 6) is -0.129. The van der Waals surface area contributed by atoms with Crippen molar-refractivity contribution in [3.05, 3.63) is 82.0 Å². The molecule has 0 fully saturated rings. The number of benzene rings is 2. The van der Waals surface area contributed by atoms with Gasteiger partial charge in [-0.1, -0.05) is 44.0 Å². The maximum Gasteiger partial charge on any atom is 0.255 e. The first kappa shape index (κ1) is 20.3. The van der Waals surface area contributed by atoms with Gasteiger partial charge >= 0.3 is 0 Å². The fourth-order valence-electron chi connectivity index (χ4n) is 3.03. The van der Waals surface area contributed by atoms with Gasteiger partial charge in [-0.2, -0.15) is 0 Å². The first-order valence-electron chi connectivity index (χ1n) is 9.69.